The average Bonchev–Trinajstić information content (AvgIpc) is 2.89. The molecular weight excluding hydrogens is 335 g/mol. The molecule has 1 aromatic rings. The Bertz CT molecular complexity index is 631. The number of hydrogen-bond acceptors (Lipinski definition) is 3. The molecule has 2 rings (SSSR count). The quantitative estimate of drug-likeness (QED) is 0.780. The van der Waals surface area contributed by atoms with E-state index in [-0.39, 0.29) is 30.0 Å². The molecule has 1 aliphatic rings. The lowest BCUT2D eigenvalue weighted by Gasteiger charge is -2.25. The number of carbonyl (C=O) groups excluding carboxylic acids is 2. The van der Waals surface area contributed by atoms with Crippen molar-refractivity contribution in [1.82, 2.24) is 9.80 Å². The molecule has 0 N–H and O–H groups in total. The lowest BCUT2D eigenvalue weighted by molar-refractivity contribution is -0.136. The Kier molecular flexibility index (Phi) is 7.42. The van der Waals surface area contributed by atoms with Gasteiger partial charge in [0.05, 0.1) is 13.5 Å². The lowest BCUT2D eigenvalue weighted by Crippen LogP contribution is -2.40. The van der Waals surface area contributed by atoms with Gasteiger partial charge < -0.3 is 14.5 Å². The van der Waals surface area contributed by atoms with E-state index in [4.69, 9.17) is 4.74 Å². The molecule has 0 spiro atoms. The van der Waals surface area contributed by atoms with E-state index in [1.807, 2.05) is 18.7 Å². The summed E-state index contributed by atoms with van der Waals surface area (Å²) in [6.45, 7) is 6.44. The highest BCUT2D eigenvalue weighted by Crippen LogP contribution is 2.21. The van der Waals surface area contributed by atoms with Gasteiger partial charge in [0.25, 0.3) is 0 Å². The first-order valence-corrected chi connectivity index (χ1v) is 9.39. The Morgan fingerprint density at radius 3 is 2.42 bits per heavy atom. The molecule has 0 bridgehead atoms. The van der Waals surface area contributed by atoms with E-state index in [0.717, 1.165) is 19.3 Å². The van der Waals surface area contributed by atoms with Crippen molar-refractivity contribution in [3.05, 3.63) is 29.6 Å². The number of carbonyl (C=O) groups is 2. The summed E-state index contributed by atoms with van der Waals surface area (Å²) >= 11 is 0. The second-order valence-corrected chi connectivity index (χ2v) is 6.71. The van der Waals surface area contributed by atoms with Crippen LogP contribution in [0.5, 0.6) is 5.75 Å². The molecule has 1 fully saturated rings. The van der Waals surface area contributed by atoms with E-state index in [2.05, 4.69) is 0 Å². The zero-order chi connectivity index (χ0) is 19.1. The van der Waals surface area contributed by atoms with Gasteiger partial charge in [0.1, 0.15) is 11.6 Å². The first kappa shape index (κ1) is 20.2. The standard InChI is InChI=1S/C20H29FN2O3/c1-4-15(5-2)20(25)23-10-6-9-22(11-12-23)19(24)14-16-13-17(21)7-8-18(16)26-3/h7-8,13,15H,4-6,9-12,14H2,1-3H3. The Labute approximate surface area is 155 Å². The molecule has 5 nitrogen and oxygen atoms in total. The van der Waals surface area contributed by atoms with Crippen molar-refractivity contribution in [2.75, 3.05) is 33.3 Å². The highest BCUT2D eigenvalue weighted by atomic mass is 19.1. The van der Waals surface area contributed by atoms with E-state index in [1.54, 1.807) is 4.90 Å². The molecule has 26 heavy (non-hydrogen) atoms. The topological polar surface area (TPSA) is 49.9 Å². The zero-order valence-electron chi connectivity index (χ0n) is 16.0. The van der Waals surface area contributed by atoms with Gasteiger partial charge in [0.2, 0.25) is 11.8 Å². The average molecular weight is 364 g/mol. The molecule has 0 saturated carbocycles. The van der Waals surface area contributed by atoms with E-state index < -0.39 is 0 Å². The largest absolute Gasteiger partial charge is 0.496 e. The summed E-state index contributed by atoms with van der Waals surface area (Å²) in [6.07, 6.45) is 2.54. The third-order valence-corrected chi connectivity index (χ3v) is 5.08. The normalized spacial score (nSPS) is 15.1. The molecular formula is C20H29FN2O3. The number of rotatable bonds is 6. The van der Waals surface area contributed by atoms with Crippen LogP contribution in [-0.2, 0) is 16.0 Å². The summed E-state index contributed by atoms with van der Waals surface area (Å²) in [7, 11) is 1.51. The first-order chi connectivity index (χ1) is 12.5. The molecule has 0 unspecified atom stereocenters. The van der Waals surface area contributed by atoms with Crippen molar-refractivity contribution in [2.45, 2.75) is 39.5 Å². The Morgan fingerprint density at radius 2 is 1.77 bits per heavy atom. The maximum atomic E-state index is 13.5. The summed E-state index contributed by atoms with van der Waals surface area (Å²) in [5, 5.41) is 0. The van der Waals surface area contributed by atoms with Crippen molar-refractivity contribution in [3.8, 4) is 5.75 Å². The molecule has 1 saturated heterocycles. The second-order valence-electron chi connectivity index (χ2n) is 6.71. The minimum absolute atomic E-state index is 0.0637. The number of hydrogen-bond donors (Lipinski definition) is 0. The molecule has 0 aromatic heterocycles. The van der Waals surface area contributed by atoms with Gasteiger partial charge in [-0.1, -0.05) is 13.8 Å². The van der Waals surface area contributed by atoms with Crippen LogP contribution < -0.4 is 4.74 Å². The van der Waals surface area contributed by atoms with Crippen LogP contribution in [0.3, 0.4) is 0 Å². The minimum atomic E-state index is -0.383. The number of nitrogens with zero attached hydrogens (tertiary/aromatic N) is 2. The van der Waals surface area contributed by atoms with Crippen molar-refractivity contribution in [1.29, 1.82) is 0 Å². The van der Waals surface area contributed by atoms with E-state index >= 15 is 0 Å². The Hall–Kier alpha value is -2.11. The fourth-order valence-electron chi connectivity index (χ4n) is 3.44. The molecule has 1 aliphatic heterocycles. The summed E-state index contributed by atoms with van der Waals surface area (Å²) in [6, 6.07) is 4.20. The second kappa shape index (κ2) is 9.55. The van der Waals surface area contributed by atoms with Crippen molar-refractivity contribution >= 4 is 11.8 Å². The maximum absolute atomic E-state index is 13.5. The molecule has 2 amide bonds. The number of amides is 2. The molecule has 0 atom stereocenters. The number of benzene rings is 1. The van der Waals surface area contributed by atoms with Crippen molar-refractivity contribution in [3.63, 3.8) is 0 Å². The molecule has 6 heteroatoms. The predicted octanol–water partition coefficient (Wildman–Crippen LogP) is 2.87. The third kappa shape index (κ3) is 4.96. The predicted molar refractivity (Wildman–Crippen MR) is 98.5 cm³/mol. The van der Waals surface area contributed by atoms with Gasteiger partial charge in [-0.25, -0.2) is 4.39 Å². The van der Waals surface area contributed by atoms with Crippen LogP contribution in [0.4, 0.5) is 4.39 Å². The SMILES string of the molecule is CCC(CC)C(=O)N1CCCN(C(=O)Cc2cc(F)ccc2OC)CC1. The van der Waals surface area contributed by atoms with E-state index in [9.17, 15) is 14.0 Å². The summed E-state index contributed by atoms with van der Waals surface area (Å²) in [5.74, 6) is 0.321. The smallest absolute Gasteiger partial charge is 0.227 e. The third-order valence-electron chi connectivity index (χ3n) is 5.08. The fraction of sp³-hybridized carbons (Fsp3) is 0.600. The lowest BCUT2D eigenvalue weighted by atomic mass is 10.0. The fourth-order valence-corrected chi connectivity index (χ4v) is 3.44. The summed E-state index contributed by atoms with van der Waals surface area (Å²) in [5.41, 5.74) is 0.548. The monoisotopic (exact) mass is 364 g/mol. The molecule has 0 radical (unpaired) electrons. The minimum Gasteiger partial charge on any atom is -0.496 e. The first-order valence-electron chi connectivity index (χ1n) is 9.39. The number of halogens is 1. The number of ether oxygens (including phenoxy) is 1. The van der Waals surface area contributed by atoms with Gasteiger partial charge in [0, 0.05) is 37.7 Å². The van der Waals surface area contributed by atoms with Crippen LogP contribution in [0, 0.1) is 11.7 Å². The number of methoxy groups -OCH3 is 1. The summed E-state index contributed by atoms with van der Waals surface area (Å²) < 4.78 is 18.7. The van der Waals surface area contributed by atoms with Crippen molar-refractivity contribution in [2.24, 2.45) is 5.92 Å². The van der Waals surface area contributed by atoms with Gasteiger partial charge in [-0.3, -0.25) is 9.59 Å². The van der Waals surface area contributed by atoms with Crippen LogP contribution >= 0.6 is 0 Å². The van der Waals surface area contributed by atoms with Crippen LogP contribution in [-0.4, -0.2) is 54.9 Å². The van der Waals surface area contributed by atoms with E-state index in [1.165, 1.54) is 25.3 Å². The van der Waals surface area contributed by atoms with Gasteiger partial charge in [-0.2, -0.15) is 0 Å². The Balaban J connectivity index is 1.99. The van der Waals surface area contributed by atoms with Crippen LogP contribution in [0.15, 0.2) is 18.2 Å². The highest BCUT2D eigenvalue weighted by molar-refractivity contribution is 5.80. The highest BCUT2D eigenvalue weighted by Gasteiger charge is 2.26. The molecule has 1 aromatic carbocycles. The zero-order valence-corrected chi connectivity index (χ0v) is 16.0. The van der Waals surface area contributed by atoms with Gasteiger partial charge in [-0.05, 0) is 37.5 Å². The molecule has 0 aliphatic carbocycles. The van der Waals surface area contributed by atoms with Gasteiger partial charge in [0.15, 0.2) is 0 Å². The van der Waals surface area contributed by atoms with Gasteiger partial charge >= 0.3 is 0 Å². The van der Waals surface area contributed by atoms with Crippen molar-refractivity contribution < 1.29 is 18.7 Å². The van der Waals surface area contributed by atoms with Crippen LogP contribution in [0.2, 0.25) is 0 Å². The van der Waals surface area contributed by atoms with E-state index in [0.29, 0.717) is 37.5 Å². The van der Waals surface area contributed by atoms with Crippen LogP contribution in [0.1, 0.15) is 38.7 Å². The molecule has 144 valence electrons. The van der Waals surface area contributed by atoms with Gasteiger partial charge in [-0.15, -0.1) is 0 Å². The van der Waals surface area contributed by atoms with Crippen LogP contribution in [0.25, 0.3) is 0 Å². The molecule has 1 heterocycles. The maximum Gasteiger partial charge on any atom is 0.227 e. The summed E-state index contributed by atoms with van der Waals surface area (Å²) in [4.78, 5) is 28.9. The Morgan fingerprint density at radius 1 is 1.12 bits per heavy atom.